The molecule has 0 radical (unpaired) electrons. The summed E-state index contributed by atoms with van der Waals surface area (Å²) >= 11 is 0. The quantitative estimate of drug-likeness (QED) is 0.747. The number of hydrogen-bond donors (Lipinski definition) is 2. The van der Waals surface area contributed by atoms with Gasteiger partial charge in [-0.2, -0.15) is 5.10 Å². The Morgan fingerprint density at radius 1 is 1.27 bits per heavy atom. The van der Waals surface area contributed by atoms with Crippen molar-refractivity contribution < 1.29 is 0 Å². The molecule has 0 saturated carbocycles. The fourth-order valence-corrected chi connectivity index (χ4v) is 1.74. The number of nitrogens with zero attached hydrogens (tertiary/aromatic N) is 1. The molecule has 0 saturated heterocycles. The van der Waals surface area contributed by atoms with Crippen LogP contribution in [0.15, 0.2) is 18.3 Å². The van der Waals surface area contributed by atoms with E-state index in [1.807, 2.05) is 6.20 Å². The molecule has 0 amide bonds. The zero-order chi connectivity index (χ0) is 11.1. The highest BCUT2D eigenvalue weighted by Gasteiger charge is 2.10. The molecule has 2 N–H and O–H groups in total. The first kappa shape index (κ1) is 10.0. The number of aryl methyl sites for hydroxylation is 1. The standard InChI is InChI=1S/C12H17N3/c1-8-5-10(14-12(2,3)4)6-9-7-13-15-11(8)9/h5-7,14H,1-4H3,(H,13,15). The van der Waals surface area contributed by atoms with E-state index < -0.39 is 0 Å². The number of hydrogen-bond acceptors (Lipinski definition) is 2. The zero-order valence-corrected chi connectivity index (χ0v) is 9.68. The molecule has 1 heterocycles. The molecule has 1 aromatic heterocycles. The molecular formula is C12H17N3. The van der Waals surface area contributed by atoms with E-state index in [4.69, 9.17) is 0 Å². The summed E-state index contributed by atoms with van der Waals surface area (Å²) in [7, 11) is 0. The fraction of sp³-hybridized carbons (Fsp3) is 0.417. The molecule has 0 bridgehead atoms. The van der Waals surface area contributed by atoms with Crippen LogP contribution in [0.25, 0.3) is 10.9 Å². The van der Waals surface area contributed by atoms with E-state index in [0.29, 0.717) is 0 Å². The number of nitrogens with one attached hydrogen (secondary N) is 2. The third-order valence-electron chi connectivity index (χ3n) is 2.27. The van der Waals surface area contributed by atoms with Gasteiger partial charge < -0.3 is 5.32 Å². The van der Waals surface area contributed by atoms with Crippen molar-refractivity contribution in [1.29, 1.82) is 0 Å². The van der Waals surface area contributed by atoms with Gasteiger partial charge in [0.25, 0.3) is 0 Å². The highest BCUT2D eigenvalue weighted by atomic mass is 15.1. The van der Waals surface area contributed by atoms with Gasteiger partial charge in [-0.05, 0) is 45.4 Å². The Hall–Kier alpha value is -1.51. The van der Waals surface area contributed by atoms with Crippen LogP contribution in [0.3, 0.4) is 0 Å². The molecule has 2 rings (SSSR count). The molecule has 1 aromatic carbocycles. The highest BCUT2D eigenvalue weighted by Crippen LogP contribution is 2.23. The van der Waals surface area contributed by atoms with Crippen molar-refractivity contribution in [3.63, 3.8) is 0 Å². The minimum Gasteiger partial charge on any atom is -0.380 e. The average Bonchev–Trinajstić information content (AvgIpc) is 2.48. The van der Waals surface area contributed by atoms with Gasteiger partial charge in [0.2, 0.25) is 0 Å². The topological polar surface area (TPSA) is 40.7 Å². The lowest BCUT2D eigenvalue weighted by molar-refractivity contribution is 0.634. The number of rotatable bonds is 1. The molecular weight excluding hydrogens is 186 g/mol. The van der Waals surface area contributed by atoms with Crippen molar-refractivity contribution in [3.8, 4) is 0 Å². The van der Waals surface area contributed by atoms with Crippen molar-refractivity contribution in [2.24, 2.45) is 0 Å². The SMILES string of the molecule is Cc1cc(NC(C)(C)C)cc2cn[nH]c12. The van der Waals surface area contributed by atoms with Gasteiger partial charge in [-0.15, -0.1) is 0 Å². The molecule has 15 heavy (non-hydrogen) atoms. The summed E-state index contributed by atoms with van der Waals surface area (Å²) in [5.74, 6) is 0. The van der Waals surface area contributed by atoms with Gasteiger partial charge in [0.15, 0.2) is 0 Å². The molecule has 80 valence electrons. The van der Waals surface area contributed by atoms with Crippen LogP contribution in [0.1, 0.15) is 26.3 Å². The Kier molecular flexibility index (Phi) is 2.18. The lowest BCUT2D eigenvalue weighted by atomic mass is 10.1. The number of anilines is 1. The minimum atomic E-state index is 0.0872. The van der Waals surface area contributed by atoms with Crippen molar-refractivity contribution in [2.45, 2.75) is 33.2 Å². The maximum atomic E-state index is 4.05. The predicted octanol–water partition coefficient (Wildman–Crippen LogP) is 3.08. The monoisotopic (exact) mass is 203 g/mol. The molecule has 3 nitrogen and oxygen atoms in total. The third kappa shape index (κ3) is 2.12. The summed E-state index contributed by atoms with van der Waals surface area (Å²) in [6.07, 6.45) is 1.86. The summed E-state index contributed by atoms with van der Waals surface area (Å²) in [5, 5.41) is 11.7. The summed E-state index contributed by atoms with van der Waals surface area (Å²) < 4.78 is 0. The Morgan fingerprint density at radius 3 is 2.67 bits per heavy atom. The zero-order valence-electron chi connectivity index (χ0n) is 9.68. The first-order chi connectivity index (χ1) is 6.96. The molecule has 0 spiro atoms. The number of H-pyrrole nitrogens is 1. The summed E-state index contributed by atoms with van der Waals surface area (Å²) in [4.78, 5) is 0. The van der Waals surface area contributed by atoms with E-state index in [1.165, 1.54) is 5.56 Å². The normalized spacial score (nSPS) is 12.0. The molecule has 3 heteroatoms. The van der Waals surface area contributed by atoms with Crippen LogP contribution < -0.4 is 5.32 Å². The van der Waals surface area contributed by atoms with E-state index in [2.05, 4.69) is 55.3 Å². The Morgan fingerprint density at radius 2 is 2.00 bits per heavy atom. The van der Waals surface area contributed by atoms with Gasteiger partial charge in [-0.3, -0.25) is 5.10 Å². The number of aromatic amines is 1. The molecule has 2 aromatic rings. The van der Waals surface area contributed by atoms with Crippen LogP contribution in [0, 0.1) is 6.92 Å². The fourth-order valence-electron chi connectivity index (χ4n) is 1.74. The lowest BCUT2D eigenvalue weighted by Crippen LogP contribution is -2.25. The molecule has 0 aliphatic rings. The van der Waals surface area contributed by atoms with Crippen LogP contribution in [0.5, 0.6) is 0 Å². The van der Waals surface area contributed by atoms with Crippen molar-refractivity contribution >= 4 is 16.6 Å². The van der Waals surface area contributed by atoms with E-state index in [0.717, 1.165) is 16.6 Å². The summed E-state index contributed by atoms with van der Waals surface area (Å²) in [6, 6.07) is 4.27. The lowest BCUT2D eigenvalue weighted by Gasteiger charge is -2.22. The average molecular weight is 203 g/mol. The van der Waals surface area contributed by atoms with Crippen molar-refractivity contribution in [1.82, 2.24) is 10.2 Å². The Balaban J connectivity index is 2.45. The second kappa shape index (κ2) is 3.26. The van der Waals surface area contributed by atoms with E-state index in [-0.39, 0.29) is 5.54 Å². The molecule has 0 aliphatic carbocycles. The Bertz CT molecular complexity index is 477. The van der Waals surface area contributed by atoms with Crippen molar-refractivity contribution in [3.05, 3.63) is 23.9 Å². The first-order valence-electron chi connectivity index (χ1n) is 5.18. The van der Waals surface area contributed by atoms with Crippen LogP contribution in [-0.4, -0.2) is 15.7 Å². The summed E-state index contributed by atoms with van der Waals surface area (Å²) in [6.45, 7) is 8.56. The maximum Gasteiger partial charge on any atom is 0.0680 e. The molecule has 0 atom stereocenters. The molecule has 0 aliphatic heterocycles. The molecule has 0 unspecified atom stereocenters. The van der Waals surface area contributed by atoms with Crippen LogP contribution in [-0.2, 0) is 0 Å². The van der Waals surface area contributed by atoms with E-state index in [1.54, 1.807) is 0 Å². The second-order valence-corrected chi connectivity index (χ2v) is 5.00. The van der Waals surface area contributed by atoms with E-state index in [9.17, 15) is 0 Å². The number of benzene rings is 1. The van der Waals surface area contributed by atoms with Crippen LogP contribution >= 0.6 is 0 Å². The largest absolute Gasteiger partial charge is 0.380 e. The number of aromatic nitrogens is 2. The van der Waals surface area contributed by atoms with Gasteiger partial charge >= 0.3 is 0 Å². The highest BCUT2D eigenvalue weighted by molar-refractivity contribution is 5.85. The van der Waals surface area contributed by atoms with Crippen LogP contribution in [0.2, 0.25) is 0 Å². The van der Waals surface area contributed by atoms with Crippen LogP contribution in [0.4, 0.5) is 5.69 Å². The first-order valence-corrected chi connectivity index (χ1v) is 5.18. The third-order valence-corrected chi connectivity index (χ3v) is 2.27. The van der Waals surface area contributed by atoms with Crippen molar-refractivity contribution in [2.75, 3.05) is 5.32 Å². The number of fused-ring (bicyclic) bond motifs is 1. The van der Waals surface area contributed by atoms with Gasteiger partial charge in [0.05, 0.1) is 11.7 Å². The molecule has 0 fully saturated rings. The van der Waals surface area contributed by atoms with Gasteiger partial charge in [0, 0.05) is 16.6 Å². The van der Waals surface area contributed by atoms with Gasteiger partial charge in [-0.25, -0.2) is 0 Å². The Labute approximate surface area is 89.9 Å². The summed E-state index contributed by atoms with van der Waals surface area (Å²) in [5.41, 5.74) is 3.57. The minimum absolute atomic E-state index is 0.0872. The maximum absolute atomic E-state index is 4.05. The second-order valence-electron chi connectivity index (χ2n) is 5.00. The van der Waals surface area contributed by atoms with Gasteiger partial charge in [0.1, 0.15) is 0 Å². The van der Waals surface area contributed by atoms with Gasteiger partial charge in [-0.1, -0.05) is 0 Å². The predicted molar refractivity (Wildman–Crippen MR) is 64.2 cm³/mol. The smallest absolute Gasteiger partial charge is 0.0680 e. The van der Waals surface area contributed by atoms with E-state index >= 15 is 0 Å².